The molecule has 2 aliphatic rings. The molecule has 1 unspecified atom stereocenters. The highest BCUT2D eigenvalue weighted by molar-refractivity contribution is 7.90. The van der Waals surface area contributed by atoms with Crippen LogP contribution in [0.5, 0.6) is 0 Å². The van der Waals surface area contributed by atoms with Gasteiger partial charge in [0.1, 0.15) is 0 Å². The maximum atomic E-state index is 12.5. The van der Waals surface area contributed by atoms with Crippen LogP contribution in [0.3, 0.4) is 0 Å². The van der Waals surface area contributed by atoms with Crippen LogP contribution in [-0.4, -0.2) is 37.6 Å². The highest BCUT2D eigenvalue weighted by Crippen LogP contribution is 2.37. The van der Waals surface area contributed by atoms with Gasteiger partial charge < -0.3 is 5.32 Å². The van der Waals surface area contributed by atoms with Gasteiger partial charge in [-0.25, -0.2) is 8.42 Å². The second-order valence-corrected chi connectivity index (χ2v) is 7.67. The summed E-state index contributed by atoms with van der Waals surface area (Å²) in [7, 11) is -3.17. The van der Waals surface area contributed by atoms with Crippen molar-refractivity contribution in [2.24, 2.45) is 0 Å². The zero-order valence-corrected chi connectivity index (χ0v) is 12.1. The second-order valence-electron chi connectivity index (χ2n) is 5.10. The highest BCUT2D eigenvalue weighted by Gasteiger charge is 2.44. The van der Waals surface area contributed by atoms with Crippen LogP contribution < -0.4 is 5.32 Å². The molecule has 1 aromatic carbocycles. The van der Waals surface area contributed by atoms with E-state index in [4.69, 9.17) is 11.6 Å². The van der Waals surface area contributed by atoms with Gasteiger partial charge in [-0.05, 0) is 24.5 Å². The summed E-state index contributed by atoms with van der Waals surface area (Å²) in [4.78, 5) is 0. The van der Waals surface area contributed by atoms with Crippen LogP contribution in [0.2, 0.25) is 5.02 Å². The number of nitrogens with zero attached hydrogens (tertiary/aromatic N) is 1. The van der Waals surface area contributed by atoms with Gasteiger partial charge >= 0.3 is 0 Å². The van der Waals surface area contributed by atoms with E-state index in [1.165, 1.54) is 0 Å². The molecule has 2 fully saturated rings. The molecule has 1 N–H and O–H groups in total. The number of sulfonamides is 1. The Labute approximate surface area is 118 Å². The third kappa shape index (κ3) is 2.52. The standard InChI is InChI=1S/C13H17ClN2O2S/c14-12-4-2-1-3-11(12)13-9-15-7-8-16(13)19(17,18)10-5-6-10/h1-4,10,13,15H,5-9H2. The van der Waals surface area contributed by atoms with Crippen LogP contribution in [0.1, 0.15) is 24.4 Å². The highest BCUT2D eigenvalue weighted by atomic mass is 35.5. The Morgan fingerprint density at radius 2 is 2.00 bits per heavy atom. The Balaban J connectivity index is 1.96. The normalized spacial score (nSPS) is 25.4. The maximum absolute atomic E-state index is 12.5. The number of hydrogen-bond acceptors (Lipinski definition) is 3. The van der Waals surface area contributed by atoms with Crippen LogP contribution >= 0.6 is 11.6 Å². The zero-order valence-electron chi connectivity index (χ0n) is 10.5. The minimum Gasteiger partial charge on any atom is -0.313 e. The molecular weight excluding hydrogens is 284 g/mol. The predicted molar refractivity (Wildman–Crippen MR) is 75.7 cm³/mol. The molecule has 0 aromatic heterocycles. The Morgan fingerprint density at radius 3 is 2.68 bits per heavy atom. The second kappa shape index (κ2) is 5.05. The molecule has 1 aliphatic carbocycles. The Bertz CT molecular complexity index is 572. The monoisotopic (exact) mass is 300 g/mol. The van der Waals surface area contributed by atoms with E-state index in [-0.39, 0.29) is 11.3 Å². The molecule has 1 atom stereocenters. The molecule has 1 aliphatic heterocycles. The molecule has 0 spiro atoms. The lowest BCUT2D eigenvalue weighted by molar-refractivity contribution is 0.271. The lowest BCUT2D eigenvalue weighted by atomic mass is 10.1. The molecule has 0 radical (unpaired) electrons. The number of piperazine rings is 1. The molecular formula is C13H17ClN2O2S. The van der Waals surface area contributed by atoms with Gasteiger partial charge in [-0.15, -0.1) is 0 Å². The van der Waals surface area contributed by atoms with Crippen LogP contribution in [0.4, 0.5) is 0 Å². The lowest BCUT2D eigenvalue weighted by Gasteiger charge is -2.36. The van der Waals surface area contributed by atoms with Gasteiger partial charge in [0, 0.05) is 24.7 Å². The molecule has 4 nitrogen and oxygen atoms in total. The zero-order chi connectivity index (χ0) is 13.5. The molecule has 1 saturated heterocycles. The van der Waals surface area contributed by atoms with Gasteiger partial charge in [-0.1, -0.05) is 29.8 Å². The number of hydrogen-bond donors (Lipinski definition) is 1. The summed E-state index contributed by atoms with van der Waals surface area (Å²) in [6.45, 7) is 1.84. The average molecular weight is 301 g/mol. The molecule has 19 heavy (non-hydrogen) atoms. The van der Waals surface area contributed by atoms with E-state index in [1.807, 2.05) is 24.3 Å². The fourth-order valence-corrected chi connectivity index (χ4v) is 4.82. The van der Waals surface area contributed by atoms with Crippen molar-refractivity contribution in [3.05, 3.63) is 34.9 Å². The third-order valence-electron chi connectivity index (χ3n) is 3.73. The number of rotatable bonds is 3. The van der Waals surface area contributed by atoms with Gasteiger partial charge in [-0.2, -0.15) is 4.31 Å². The largest absolute Gasteiger partial charge is 0.313 e. The summed E-state index contributed by atoms with van der Waals surface area (Å²) in [5.41, 5.74) is 0.889. The first-order chi connectivity index (χ1) is 9.10. The van der Waals surface area contributed by atoms with Crippen molar-refractivity contribution < 1.29 is 8.42 Å². The molecule has 0 bridgehead atoms. The van der Waals surface area contributed by atoms with Crippen LogP contribution in [0.15, 0.2) is 24.3 Å². The maximum Gasteiger partial charge on any atom is 0.217 e. The average Bonchev–Trinajstić information content (AvgIpc) is 3.24. The first-order valence-electron chi connectivity index (χ1n) is 6.56. The van der Waals surface area contributed by atoms with Crippen LogP contribution in [-0.2, 0) is 10.0 Å². The van der Waals surface area contributed by atoms with Crippen molar-refractivity contribution in [3.63, 3.8) is 0 Å². The van der Waals surface area contributed by atoms with Crippen molar-refractivity contribution in [2.45, 2.75) is 24.1 Å². The summed E-state index contributed by atoms with van der Waals surface area (Å²) in [6.07, 6.45) is 1.59. The van der Waals surface area contributed by atoms with E-state index < -0.39 is 10.0 Å². The van der Waals surface area contributed by atoms with Crippen molar-refractivity contribution in [1.82, 2.24) is 9.62 Å². The van der Waals surface area contributed by atoms with Gasteiger partial charge in [0.2, 0.25) is 10.0 Å². The Hall–Kier alpha value is -0.620. The Morgan fingerprint density at radius 1 is 1.26 bits per heavy atom. The summed E-state index contributed by atoms with van der Waals surface area (Å²) < 4.78 is 26.6. The molecule has 3 rings (SSSR count). The molecule has 0 amide bonds. The number of nitrogens with one attached hydrogen (secondary N) is 1. The number of benzene rings is 1. The minimum absolute atomic E-state index is 0.171. The van der Waals surface area contributed by atoms with E-state index in [0.717, 1.165) is 18.4 Å². The van der Waals surface area contributed by atoms with Gasteiger partial charge in [0.15, 0.2) is 0 Å². The molecule has 1 aromatic rings. The third-order valence-corrected chi connectivity index (χ3v) is 6.48. The minimum atomic E-state index is -3.17. The smallest absolute Gasteiger partial charge is 0.217 e. The molecule has 1 heterocycles. The fraction of sp³-hybridized carbons (Fsp3) is 0.538. The molecule has 1 saturated carbocycles. The van der Waals surface area contributed by atoms with E-state index in [2.05, 4.69) is 5.32 Å². The van der Waals surface area contributed by atoms with Crippen molar-refractivity contribution in [3.8, 4) is 0 Å². The summed E-state index contributed by atoms with van der Waals surface area (Å²) in [6, 6.07) is 7.30. The summed E-state index contributed by atoms with van der Waals surface area (Å²) >= 11 is 6.22. The molecule has 6 heteroatoms. The van der Waals surface area contributed by atoms with E-state index in [9.17, 15) is 8.42 Å². The number of halogens is 1. The quantitative estimate of drug-likeness (QED) is 0.926. The van der Waals surface area contributed by atoms with Crippen LogP contribution in [0, 0.1) is 0 Å². The SMILES string of the molecule is O=S(=O)(C1CC1)N1CCNCC1c1ccccc1Cl. The summed E-state index contributed by atoms with van der Waals surface area (Å²) in [5, 5.41) is 3.72. The van der Waals surface area contributed by atoms with E-state index in [0.29, 0.717) is 24.7 Å². The lowest BCUT2D eigenvalue weighted by Crippen LogP contribution is -2.49. The van der Waals surface area contributed by atoms with Crippen LogP contribution in [0.25, 0.3) is 0 Å². The fourth-order valence-electron chi connectivity index (χ4n) is 2.56. The van der Waals surface area contributed by atoms with Gasteiger partial charge in [0.05, 0.1) is 11.3 Å². The first-order valence-corrected chi connectivity index (χ1v) is 8.44. The van der Waals surface area contributed by atoms with Gasteiger partial charge in [-0.3, -0.25) is 0 Å². The van der Waals surface area contributed by atoms with E-state index in [1.54, 1.807) is 4.31 Å². The van der Waals surface area contributed by atoms with E-state index >= 15 is 0 Å². The topological polar surface area (TPSA) is 49.4 Å². The van der Waals surface area contributed by atoms with Crippen molar-refractivity contribution in [1.29, 1.82) is 0 Å². The molecule has 104 valence electrons. The first kappa shape index (κ1) is 13.4. The predicted octanol–water partition coefficient (Wildman–Crippen LogP) is 1.78. The van der Waals surface area contributed by atoms with Crippen molar-refractivity contribution in [2.75, 3.05) is 19.6 Å². The summed E-state index contributed by atoms with van der Waals surface area (Å²) in [5.74, 6) is 0. The van der Waals surface area contributed by atoms with Crippen molar-refractivity contribution >= 4 is 21.6 Å². The van der Waals surface area contributed by atoms with Gasteiger partial charge in [0.25, 0.3) is 0 Å². The Kier molecular flexibility index (Phi) is 3.55.